The first kappa shape index (κ1) is 15.4. The second kappa shape index (κ2) is 5.75. The smallest absolute Gasteiger partial charge is 0.307 e. The summed E-state index contributed by atoms with van der Waals surface area (Å²) in [6.45, 7) is 0. The van der Waals surface area contributed by atoms with Crippen LogP contribution in [0.5, 0.6) is 0 Å². The van der Waals surface area contributed by atoms with Gasteiger partial charge in [-0.05, 0) is 49.5 Å². The summed E-state index contributed by atoms with van der Waals surface area (Å²) in [5.74, 6) is -2.44. The van der Waals surface area contributed by atoms with E-state index in [1.807, 2.05) is 12.2 Å². The van der Waals surface area contributed by atoms with E-state index >= 15 is 0 Å². The van der Waals surface area contributed by atoms with Gasteiger partial charge in [0.15, 0.2) is 0 Å². The highest BCUT2D eigenvalue weighted by Gasteiger charge is 2.48. The zero-order valence-electron chi connectivity index (χ0n) is 13.1. The van der Waals surface area contributed by atoms with Crippen LogP contribution in [0.25, 0.3) is 0 Å². The minimum Gasteiger partial charge on any atom is -0.481 e. The number of carboxylic acids is 1. The van der Waals surface area contributed by atoms with Crippen molar-refractivity contribution in [2.75, 3.05) is 5.32 Å². The van der Waals surface area contributed by atoms with Gasteiger partial charge < -0.3 is 10.4 Å². The van der Waals surface area contributed by atoms with Crippen molar-refractivity contribution in [3.8, 4) is 6.07 Å². The van der Waals surface area contributed by atoms with Gasteiger partial charge in [0.25, 0.3) is 0 Å². The van der Waals surface area contributed by atoms with Gasteiger partial charge in [-0.3, -0.25) is 9.59 Å². The quantitative estimate of drug-likeness (QED) is 0.826. The van der Waals surface area contributed by atoms with Crippen molar-refractivity contribution in [2.45, 2.75) is 32.1 Å². The van der Waals surface area contributed by atoms with Gasteiger partial charge in [-0.15, -0.1) is 11.3 Å². The molecule has 1 aromatic rings. The van der Waals surface area contributed by atoms with E-state index in [4.69, 9.17) is 0 Å². The van der Waals surface area contributed by atoms with Crippen LogP contribution in [-0.2, 0) is 22.4 Å². The Kier molecular flexibility index (Phi) is 3.69. The second-order valence-electron chi connectivity index (χ2n) is 6.84. The predicted octanol–water partition coefficient (Wildman–Crippen LogP) is 2.96. The summed E-state index contributed by atoms with van der Waals surface area (Å²) < 4.78 is 0. The van der Waals surface area contributed by atoms with Gasteiger partial charge in [0, 0.05) is 4.88 Å². The SMILES string of the molecule is N#Cc1c(NC(=O)[C@@H]2[C@@H](C(=O)O)[C@H]3C=C[C@H]2CC3)sc2c1CCC2. The van der Waals surface area contributed by atoms with Crippen LogP contribution in [0.15, 0.2) is 12.2 Å². The molecule has 2 bridgehead atoms. The predicted molar refractivity (Wildman–Crippen MR) is 89.7 cm³/mol. The molecule has 1 aromatic heterocycles. The highest BCUT2D eigenvalue weighted by atomic mass is 32.1. The second-order valence-corrected chi connectivity index (χ2v) is 7.95. The Hall–Kier alpha value is -2.13. The molecule has 5 nitrogen and oxygen atoms in total. The maximum Gasteiger partial charge on any atom is 0.307 e. The van der Waals surface area contributed by atoms with Gasteiger partial charge in [-0.2, -0.15) is 5.26 Å². The Morgan fingerprint density at radius 2 is 1.92 bits per heavy atom. The molecule has 1 saturated carbocycles. The van der Waals surface area contributed by atoms with Gasteiger partial charge in [0.1, 0.15) is 11.1 Å². The molecular formula is C18H18N2O3S. The summed E-state index contributed by atoms with van der Waals surface area (Å²) in [7, 11) is 0. The van der Waals surface area contributed by atoms with E-state index in [0.29, 0.717) is 10.6 Å². The standard InChI is InChI=1S/C18H18N2O3S/c19-8-12-11-2-1-3-13(11)24-17(12)20-16(21)14-9-4-6-10(7-5-9)15(14)18(22)23/h4,6,9-10,14-15H,1-3,5,7H2,(H,20,21)(H,22,23)/t9-,10-,14-,15-/m0/s1. The molecule has 0 unspecified atom stereocenters. The van der Waals surface area contributed by atoms with Gasteiger partial charge in [-0.1, -0.05) is 12.2 Å². The molecule has 0 saturated heterocycles. The third kappa shape index (κ3) is 2.27. The van der Waals surface area contributed by atoms with Crippen molar-refractivity contribution in [3.05, 3.63) is 28.2 Å². The molecule has 4 aliphatic rings. The molecule has 0 spiro atoms. The van der Waals surface area contributed by atoms with Crippen LogP contribution in [0.4, 0.5) is 5.00 Å². The minimum absolute atomic E-state index is 0.0200. The number of hydrogen-bond donors (Lipinski definition) is 2. The number of fused-ring (bicyclic) bond motifs is 3. The number of nitriles is 1. The van der Waals surface area contributed by atoms with Crippen molar-refractivity contribution in [1.29, 1.82) is 5.26 Å². The number of carbonyl (C=O) groups excluding carboxylic acids is 1. The lowest BCUT2D eigenvalue weighted by Crippen LogP contribution is -2.47. The van der Waals surface area contributed by atoms with Gasteiger partial charge >= 0.3 is 5.97 Å². The number of anilines is 1. The summed E-state index contributed by atoms with van der Waals surface area (Å²) in [5.41, 5.74) is 1.64. The molecule has 2 N–H and O–H groups in total. The molecule has 4 aliphatic carbocycles. The normalized spacial score (nSPS) is 30.0. The van der Waals surface area contributed by atoms with E-state index in [0.717, 1.165) is 37.7 Å². The molecule has 1 fully saturated rings. The number of aliphatic carboxylic acids is 1. The topological polar surface area (TPSA) is 90.2 Å². The molecule has 124 valence electrons. The van der Waals surface area contributed by atoms with E-state index in [2.05, 4.69) is 11.4 Å². The highest BCUT2D eigenvalue weighted by Crippen LogP contribution is 2.46. The van der Waals surface area contributed by atoms with Crippen molar-refractivity contribution in [3.63, 3.8) is 0 Å². The van der Waals surface area contributed by atoms with Gasteiger partial charge in [-0.25, -0.2) is 0 Å². The Bertz CT molecular complexity index is 789. The summed E-state index contributed by atoms with van der Waals surface area (Å²) in [6.07, 6.45) is 8.54. The number of carbonyl (C=O) groups is 2. The molecule has 5 rings (SSSR count). The number of amides is 1. The van der Waals surface area contributed by atoms with Crippen LogP contribution in [0.2, 0.25) is 0 Å². The van der Waals surface area contributed by atoms with E-state index in [9.17, 15) is 20.0 Å². The average Bonchev–Trinajstić information content (AvgIpc) is 3.15. The first-order chi connectivity index (χ1) is 11.6. The molecule has 4 atom stereocenters. The van der Waals surface area contributed by atoms with E-state index in [1.54, 1.807) is 0 Å². The van der Waals surface area contributed by atoms with Crippen LogP contribution >= 0.6 is 11.3 Å². The number of nitrogens with zero attached hydrogens (tertiary/aromatic N) is 1. The maximum absolute atomic E-state index is 12.9. The lowest BCUT2D eigenvalue weighted by atomic mass is 9.62. The van der Waals surface area contributed by atoms with Crippen molar-refractivity contribution in [2.24, 2.45) is 23.7 Å². The largest absolute Gasteiger partial charge is 0.481 e. The monoisotopic (exact) mass is 342 g/mol. The molecule has 0 aliphatic heterocycles. The Balaban J connectivity index is 1.62. The van der Waals surface area contributed by atoms with E-state index in [1.165, 1.54) is 16.2 Å². The zero-order valence-corrected chi connectivity index (χ0v) is 13.9. The number of carboxylic acid groups (broad SMARTS) is 1. The summed E-state index contributed by atoms with van der Waals surface area (Å²) in [6, 6.07) is 2.22. The maximum atomic E-state index is 12.9. The van der Waals surface area contributed by atoms with Crippen LogP contribution in [-0.4, -0.2) is 17.0 Å². The number of hydrogen-bond acceptors (Lipinski definition) is 4. The van der Waals surface area contributed by atoms with E-state index in [-0.39, 0.29) is 17.7 Å². The molecule has 1 heterocycles. The summed E-state index contributed by atoms with van der Waals surface area (Å²) >= 11 is 1.48. The van der Waals surface area contributed by atoms with Crippen molar-refractivity contribution in [1.82, 2.24) is 0 Å². The molecule has 0 radical (unpaired) electrons. The highest BCUT2D eigenvalue weighted by molar-refractivity contribution is 7.16. The Morgan fingerprint density at radius 1 is 1.21 bits per heavy atom. The van der Waals surface area contributed by atoms with Crippen molar-refractivity contribution < 1.29 is 14.7 Å². The molecule has 24 heavy (non-hydrogen) atoms. The fourth-order valence-corrected chi connectivity index (χ4v) is 5.74. The van der Waals surface area contributed by atoms with Gasteiger partial charge in [0.2, 0.25) is 5.91 Å². The molecule has 0 aromatic carbocycles. The number of thiophene rings is 1. The number of rotatable bonds is 3. The van der Waals surface area contributed by atoms with Crippen LogP contribution in [0, 0.1) is 35.0 Å². The number of aryl methyl sites for hydroxylation is 1. The minimum atomic E-state index is -0.900. The van der Waals surface area contributed by atoms with Crippen LogP contribution in [0.1, 0.15) is 35.3 Å². The first-order valence-corrected chi connectivity index (χ1v) is 9.18. The van der Waals surface area contributed by atoms with Crippen LogP contribution in [0.3, 0.4) is 0 Å². The molecule has 6 heteroatoms. The number of allylic oxidation sites excluding steroid dienone is 2. The third-order valence-electron chi connectivity index (χ3n) is 5.61. The Morgan fingerprint density at radius 3 is 2.54 bits per heavy atom. The lowest BCUT2D eigenvalue weighted by molar-refractivity contribution is -0.151. The number of nitrogens with one attached hydrogen (secondary N) is 1. The lowest BCUT2D eigenvalue weighted by Gasteiger charge is -2.41. The zero-order chi connectivity index (χ0) is 16.8. The summed E-state index contributed by atoms with van der Waals surface area (Å²) in [5, 5.41) is 22.5. The first-order valence-electron chi connectivity index (χ1n) is 8.36. The fourth-order valence-electron chi connectivity index (χ4n) is 4.49. The van der Waals surface area contributed by atoms with Crippen LogP contribution < -0.4 is 5.32 Å². The van der Waals surface area contributed by atoms with Crippen molar-refractivity contribution >= 4 is 28.2 Å². The molecular weight excluding hydrogens is 324 g/mol. The summed E-state index contributed by atoms with van der Waals surface area (Å²) in [4.78, 5) is 25.7. The third-order valence-corrected chi connectivity index (χ3v) is 6.81. The average molecular weight is 342 g/mol. The molecule has 1 amide bonds. The van der Waals surface area contributed by atoms with Gasteiger partial charge in [0.05, 0.1) is 17.4 Å². The fraction of sp³-hybridized carbons (Fsp3) is 0.500. The van der Waals surface area contributed by atoms with E-state index < -0.39 is 17.8 Å². The Labute approximate surface area is 144 Å².